The minimum absolute atomic E-state index is 0.322. The Morgan fingerprint density at radius 2 is 1.96 bits per heavy atom. The average molecular weight is 418 g/mol. The van der Waals surface area contributed by atoms with E-state index >= 15 is 0 Å². The number of allylic oxidation sites excluding steroid dienone is 1. The lowest BCUT2D eigenvalue weighted by Crippen LogP contribution is -2.22. The molecule has 1 unspecified atom stereocenters. The van der Waals surface area contributed by atoms with Gasteiger partial charge in [0.15, 0.2) is 5.58 Å². The number of fused-ring (bicyclic) bond motifs is 1. The number of aromatic nitrogens is 1. The predicted molar refractivity (Wildman–Crippen MR) is 111 cm³/mol. The topological polar surface area (TPSA) is 90.7 Å². The lowest BCUT2D eigenvalue weighted by Gasteiger charge is -2.13. The maximum atomic E-state index is 12.4. The van der Waals surface area contributed by atoms with Crippen molar-refractivity contribution >= 4 is 46.5 Å². The number of hydrogen-bond donors (Lipinski definition) is 1. The van der Waals surface area contributed by atoms with Gasteiger partial charge in [0.1, 0.15) is 11.6 Å². The molecule has 0 aliphatic rings. The van der Waals surface area contributed by atoms with Gasteiger partial charge in [-0.25, -0.2) is 9.78 Å². The summed E-state index contributed by atoms with van der Waals surface area (Å²) in [5, 5.41) is 0.948. The van der Waals surface area contributed by atoms with Gasteiger partial charge in [0.05, 0.1) is 11.3 Å². The first-order valence-electron chi connectivity index (χ1n) is 8.33. The molecule has 1 heterocycles. The number of ether oxygens (including phenoxy) is 1. The standard InChI is InChI=1S/C20H17Cl2N3O3/c1-11(16(23)5-6-24-2)27-20(26)12-3-4-17-18(9-12)28-19(25-17)13-7-14(21)10-15(22)8-13/h3-11H,23H2,1-2H3/b16-5-,24-6?. The van der Waals surface area contributed by atoms with E-state index in [4.69, 9.17) is 38.1 Å². The van der Waals surface area contributed by atoms with Crippen molar-refractivity contribution in [2.75, 3.05) is 7.05 Å². The highest BCUT2D eigenvalue weighted by Crippen LogP contribution is 2.29. The molecule has 0 aliphatic carbocycles. The van der Waals surface area contributed by atoms with E-state index in [2.05, 4.69) is 9.98 Å². The van der Waals surface area contributed by atoms with Crippen LogP contribution in [-0.2, 0) is 4.74 Å². The normalized spacial score (nSPS) is 13.2. The highest BCUT2D eigenvalue weighted by Gasteiger charge is 2.16. The summed E-state index contributed by atoms with van der Waals surface area (Å²) in [5.74, 6) is -0.174. The lowest BCUT2D eigenvalue weighted by atomic mass is 10.2. The molecule has 144 valence electrons. The molecule has 0 saturated heterocycles. The van der Waals surface area contributed by atoms with Crippen LogP contribution in [0.2, 0.25) is 10.0 Å². The summed E-state index contributed by atoms with van der Waals surface area (Å²) < 4.78 is 11.1. The zero-order valence-corrected chi connectivity index (χ0v) is 16.7. The smallest absolute Gasteiger partial charge is 0.338 e. The summed E-state index contributed by atoms with van der Waals surface area (Å²) in [6.07, 6.45) is 2.52. The van der Waals surface area contributed by atoms with Crippen LogP contribution in [0.1, 0.15) is 17.3 Å². The van der Waals surface area contributed by atoms with Gasteiger partial charge in [-0.15, -0.1) is 0 Å². The molecular weight excluding hydrogens is 401 g/mol. The summed E-state index contributed by atoms with van der Waals surface area (Å²) in [7, 11) is 1.62. The number of carbonyl (C=O) groups excluding carboxylic acids is 1. The zero-order valence-electron chi connectivity index (χ0n) is 15.1. The molecule has 0 fully saturated rings. The Labute approximate surface area is 171 Å². The molecule has 6 nitrogen and oxygen atoms in total. The fraction of sp³-hybridized carbons (Fsp3) is 0.150. The number of esters is 1. The van der Waals surface area contributed by atoms with E-state index in [-0.39, 0.29) is 0 Å². The molecule has 1 aromatic heterocycles. The minimum atomic E-state index is -0.597. The van der Waals surface area contributed by atoms with Crippen molar-refractivity contribution in [1.82, 2.24) is 4.98 Å². The molecule has 0 bridgehead atoms. The minimum Gasteiger partial charge on any atom is -0.453 e. The van der Waals surface area contributed by atoms with Crippen molar-refractivity contribution in [2.24, 2.45) is 10.7 Å². The number of halogens is 2. The zero-order chi connectivity index (χ0) is 20.3. The number of nitrogens with two attached hydrogens (primary N) is 1. The molecular formula is C20H17Cl2N3O3. The molecule has 0 aliphatic heterocycles. The van der Waals surface area contributed by atoms with E-state index in [1.807, 2.05) is 0 Å². The van der Waals surface area contributed by atoms with Crippen LogP contribution in [0.3, 0.4) is 0 Å². The van der Waals surface area contributed by atoms with Crippen molar-refractivity contribution < 1.29 is 13.9 Å². The Balaban J connectivity index is 1.85. The van der Waals surface area contributed by atoms with Gasteiger partial charge in [0, 0.05) is 28.9 Å². The monoisotopic (exact) mass is 417 g/mol. The van der Waals surface area contributed by atoms with Gasteiger partial charge >= 0.3 is 5.97 Å². The fourth-order valence-electron chi connectivity index (χ4n) is 2.45. The van der Waals surface area contributed by atoms with E-state index in [1.54, 1.807) is 56.4 Å². The Bertz CT molecular complexity index is 1070. The second-order valence-electron chi connectivity index (χ2n) is 5.98. The molecule has 3 rings (SSSR count). The first-order valence-corrected chi connectivity index (χ1v) is 9.09. The highest BCUT2D eigenvalue weighted by atomic mass is 35.5. The largest absolute Gasteiger partial charge is 0.453 e. The van der Waals surface area contributed by atoms with Crippen molar-refractivity contribution in [2.45, 2.75) is 13.0 Å². The summed E-state index contributed by atoms with van der Waals surface area (Å²) in [6, 6.07) is 9.88. The molecule has 1 atom stereocenters. The number of oxazole rings is 1. The second kappa shape index (κ2) is 8.46. The maximum absolute atomic E-state index is 12.4. The number of carbonyl (C=O) groups is 1. The Morgan fingerprint density at radius 3 is 2.64 bits per heavy atom. The van der Waals surface area contributed by atoms with E-state index in [1.165, 1.54) is 6.21 Å². The first-order chi connectivity index (χ1) is 13.4. The van der Waals surface area contributed by atoms with Crippen LogP contribution in [0.15, 0.2) is 57.6 Å². The maximum Gasteiger partial charge on any atom is 0.338 e. The number of benzene rings is 2. The van der Waals surface area contributed by atoms with Crippen LogP contribution in [-0.4, -0.2) is 30.3 Å². The summed E-state index contributed by atoms with van der Waals surface area (Å²) >= 11 is 12.1. The molecule has 2 aromatic carbocycles. The molecule has 0 spiro atoms. The quantitative estimate of drug-likeness (QED) is 0.471. The highest BCUT2D eigenvalue weighted by molar-refractivity contribution is 6.35. The van der Waals surface area contributed by atoms with Gasteiger partial charge in [0.25, 0.3) is 0 Å². The third-order valence-corrected chi connectivity index (χ3v) is 4.34. The van der Waals surface area contributed by atoms with E-state index in [9.17, 15) is 4.79 Å². The summed E-state index contributed by atoms with van der Waals surface area (Å²) in [5.41, 5.74) is 8.24. The van der Waals surface area contributed by atoms with Gasteiger partial charge in [0.2, 0.25) is 5.89 Å². The SMILES string of the molecule is CN=C/C=C(\N)C(C)OC(=O)c1ccc2nc(-c3cc(Cl)cc(Cl)c3)oc2c1. The van der Waals surface area contributed by atoms with E-state index in [0.29, 0.717) is 43.9 Å². The second-order valence-corrected chi connectivity index (χ2v) is 6.85. The van der Waals surface area contributed by atoms with Crippen molar-refractivity contribution in [3.05, 3.63) is 63.8 Å². The summed E-state index contributed by atoms with van der Waals surface area (Å²) in [4.78, 5) is 20.6. The average Bonchev–Trinajstić information content (AvgIpc) is 3.08. The van der Waals surface area contributed by atoms with Crippen molar-refractivity contribution in [3.63, 3.8) is 0 Å². The third-order valence-electron chi connectivity index (χ3n) is 3.90. The van der Waals surface area contributed by atoms with Crippen LogP contribution >= 0.6 is 23.2 Å². The van der Waals surface area contributed by atoms with Gasteiger partial charge in [-0.05, 0) is 49.4 Å². The van der Waals surface area contributed by atoms with E-state index < -0.39 is 12.1 Å². The molecule has 28 heavy (non-hydrogen) atoms. The van der Waals surface area contributed by atoms with Crippen LogP contribution in [0.4, 0.5) is 0 Å². The van der Waals surface area contributed by atoms with Crippen molar-refractivity contribution in [3.8, 4) is 11.5 Å². The lowest BCUT2D eigenvalue weighted by molar-refractivity contribution is 0.0404. The molecule has 0 saturated carbocycles. The van der Waals surface area contributed by atoms with Crippen LogP contribution in [0.5, 0.6) is 0 Å². The molecule has 0 amide bonds. The van der Waals surface area contributed by atoms with Crippen LogP contribution < -0.4 is 5.73 Å². The Hall–Kier alpha value is -2.83. The summed E-state index contributed by atoms with van der Waals surface area (Å²) in [6.45, 7) is 1.68. The number of aliphatic imine (C=N–C) groups is 1. The molecule has 8 heteroatoms. The Kier molecular flexibility index (Phi) is 6.02. The van der Waals surface area contributed by atoms with Crippen LogP contribution in [0.25, 0.3) is 22.6 Å². The number of hydrogen-bond acceptors (Lipinski definition) is 6. The first kappa shape index (κ1) is 19.9. The van der Waals surface area contributed by atoms with Gasteiger partial charge in [-0.1, -0.05) is 23.2 Å². The number of rotatable bonds is 5. The van der Waals surface area contributed by atoms with Gasteiger partial charge < -0.3 is 14.9 Å². The van der Waals surface area contributed by atoms with E-state index in [0.717, 1.165) is 0 Å². The molecule has 0 radical (unpaired) electrons. The predicted octanol–water partition coefficient (Wildman–Crippen LogP) is 4.89. The molecule has 3 aromatic rings. The molecule has 2 N–H and O–H groups in total. The number of nitrogens with zero attached hydrogens (tertiary/aromatic N) is 2. The Morgan fingerprint density at radius 1 is 1.25 bits per heavy atom. The third kappa shape index (κ3) is 4.52. The van der Waals surface area contributed by atoms with Crippen LogP contribution in [0, 0.1) is 0 Å². The fourth-order valence-corrected chi connectivity index (χ4v) is 2.97. The van der Waals surface area contributed by atoms with Crippen molar-refractivity contribution in [1.29, 1.82) is 0 Å². The van der Waals surface area contributed by atoms with Gasteiger partial charge in [-0.2, -0.15) is 0 Å². The van der Waals surface area contributed by atoms with Gasteiger partial charge in [-0.3, -0.25) is 4.99 Å².